The van der Waals surface area contributed by atoms with Crippen LogP contribution in [0.25, 0.3) is 22.2 Å². The predicted molar refractivity (Wildman–Crippen MR) is 105 cm³/mol. The van der Waals surface area contributed by atoms with Crippen molar-refractivity contribution < 1.29 is 24.7 Å². The van der Waals surface area contributed by atoms with Crippen molar-refractivity contribution in [2.24, 2.45) is 0 Å². The van der Waals surface area contributed by atoms with Crippen molar-refractivity contribution in [3.05, 3.63) is 35.4 Å². The van der Waals surface area contributed by atoms with Gasteiger partial charge in [-0.15, -0.1) is 0 Å². The average molecular weight is 451 g/mol. The Morgan fingerprint density at radius 2 is 1.97 bits per heavy atom. The third kappa shape index (κ3) is 3.12. The summed E-state index contributed by atoms with van der Waals surface area (Å²) in [6, 6.07) is 3.46. The summed E-state index contributed by atoms with van der Waals surface area (Å²) in [6.07, 6.45) is -1.44. The molecule has 11 nitrogen and oxygen atoms in total. The molecule has 4 atom stereocenters. The molecular weight excluding hydrogens is 436 g/mol. The molecule has 3 N–H and O–H groups in total. The van der Waals surface area contributed by atoms with Crippen LogP contribution in [0.4, 0.5) is 0 Å². The smallest absolute Gasteiger partial charge is 0.166 e. The zero-order chi connectivity index (χ0) is 20.8. The van der Waals surface area contributed by atoms with Gasteiger partial charge in [-0.2, -0.15) is 0 Å². The van der Waals surface area contributed by atoms with Crippen LogP contribution in [0, 0.1) is 0 Å². The first kappa shape index (κ1) is 19.6. The molecule has 0 amide bonds. The summed E-state index contributed by atoms with van der Waals surface area (Å²) in [7, 11) is 0. The number of aromatic nitrogens is 6. The van der Waals surface area contributed by atoms with Gasteiger partial charge in [-0.05, 0) is 22.4 Å². The lowest BCUT2D eigenvalue weighted by atomic mass is 10.1. The first-order valence-electron chi connectivity index (χ1n) is 8.91. The van der Waals surface area contributed by atoms with Crippen molar-refractivity contribution >= 4 is 45.6 Å². The number of fused-ring (bicyclic) bond motifs is 2. The number of thioether (sulfide) groups is 1. The van der Waals surface area contributed by atoms with Crippen LogP contribution in [-0.4, -0.2) is 70.1 Å². The fourth-order valence-electron chi connectivity index (χ4n) is 3.39. The molecule has 0 bridgehead atoms. The Bertz CT molecular complexity index is 1220. The molecule has 4 aromatic rings. The standard InChI is InChI=1S/C17H15ClN6O5S/c18-8-1-2-9-11(23-29-22-9)7(8)4-30-16-12-15(19-5-20-16)24(6-21-12)17-14(27)13(26)10(3-25)28-17/h1-2,5-6,10,13-14,17,25-27H,3-4H2. The largest absolute Gasteiger partial charge is 0.394 e. The van der Waals surface area contributed by atoms with E-state index in [0.717, 1.165) is 5.56 Å². The molecule has 4 unspecified atom stereocenters. The number of halogens is 1. The van der Waals surface area contributed by atoms with E-state index in [1.807, 2.05) is 0 Å². The van der Waals surface area contributed by atoms with E-state index < -0.39 is 31.1 Å². The Hall–Kier alpha value is -2.35. The van der Waals surface area contributed by atoms with Crippen LogP contribution in [0.2, 0.25) is 5.02 Å². The Balaban J connectivity index is 1.46. The molecule has 1 aliphatic rings. The average Bonchev–Trinajstić information content (AvgIpc) is 3.46. The molecule has 1 aromatic carbocycles. The number of nitrogens with zero attached hydrogens (tertiary/aromatic N) is 6. The fraction of sp³-hybridized carbons (Fsp3) is 0.353. The van der Waals surface area contributed by atoms with Crippen molar-refractivity contribution in [3.63, 3.8) is 0 Å². The number of rotatable bonds is 5. The molecule has 5 rings (SSSR count). The highest BCUT2D eigenvalue weighted by molar-refractivity contribution is 7.98. The number of imidazole rings is 1. The van der Waals surface area contributed by atoms with Crippen LogP contribution >= 0.6 is 23.4 Å². The lowest BCUT2D eigenvalue weighted by Crippen LogP contribution is -2.33. The maximum Gasteiger partial charge on any atom is 0.166 e. The predicted octanol–water partition coefficient (Wildman–Crippen LogP) is 0.920. The summed E-state index contributed by atoms with van der Waals surface area (Å²) in [6.45, 7) is -0.416. The van der Waals surface area contributed by atoms with Gasteiger partial charge in [0, 0.05) is 16.3 Å². The van der Waals surface area contributed by atoms with Crippen LogP contribution < -0.4 is 0 Å². The monoisotopic (exact) mass is 450 g/mol. The van der Waals surface area contributed by atoms with Gasteiger partial charge in [0.15, 0.2) is 11.9 Å². The molecule has 0 radical (unpaired) electrons. The van der Waals surface area contributed by atoms with Gasteiger partial charge >= 0.3 is 0 Å². The minimum atomic E-state index is -1.23. The number of aliphatic hydroxyl groups is 3. The van der Waals surface area contributed by atoms with Crippen LogP contribution in [0.1, 0.15) is 11.8 Å². The quantitative estimate of drug-likeness (QED) is 0.294. The first-order chi connectivity index (χ1) is 14.6. The summed E-state index contributed by atoms with van der Waals surface area (Å²) in [5.74, 6) is 0.442. The van der Waals surface area contributed by atoms with E-state index in [0.29, 0.717) is 38.0 Å². The van der Waals surface area contributed by atoms with Gasteiger partial charge in [-0.1, -0.05) is 23.4 Å². The number of ether oxygens (including phenoxy) is 1. The molecule has 0 spiro atoms. The van der Waals surface area contributed by atoms with Crippen molar-refractivity contribution in [2.45, 2.75) is 35.3 Å². The molecule has 30 heavy (non-hydrogen) atoms. The van der Waals surface area contributed by atoms with Gasteiger partial charge < -0.3 is 20.1 Å². The highest BCUT2D eigenvalue weighted by Gasteiger charge is 2.44. The van der Waals surface area contributed by atoms with E-state index in [4.69, 9.17) is 21.0 Å². The minimum Gasteiger partial charge on any atom is -0.394 e. The lowest BCUT2D eigenvalue weighted by molar-refractivity contribution is -0.0511. The van der Waals surface area contributed by atoms with Gasteiger partial charge in [0.1, 0.15) is 46.2 Å². The normalized spacial score (nSPS) is 24.3. The number of aliphatic hydroxyl groups excluding tert-OH is 3. The molecule has 13 heteroatoms. The second kappa shape index (κ2) is 7.72. The summed E-state index contributed by atoms with van der Waals surface area (Å²) >= 11 is 7.71. The summed E-state index contributed by atoms with van der Waals surface area (Å²) in [5, 5.41) is 38.5. The zero-order valence-electron chi connectivity index (χ0n) is 15.2. The van der Waals surface area contributed by atoms with Gasteiger partial charge in [-0.25, -0.2) is 19.6 Å². The Kier molecular flexibility index (Phi) is 5.05. The van der Waals surface area contributed by atoms with E-state index in [2.05, 4.69) is 25.3 Å². The molecule has 0 aliphatic carbocycles. The molecule has 4 heterocycles. The lowest BCUT2D eigenvalue weighted by Gasteiger charge is -2.16. The second-order valence-electron chi connectivity index (χ2n) is 6.68. The Morgan fingerprint density at radius 3 is 2.77 bits per heavy atom. The molecule has 1 saturated heterocycles. The zero-order valence-corrected chi connectivity index (χ0v) is 16.7. The molecule has 1 fully saturated rings. The van der Waals surface area contributed by atoms with E-state index in [1.54, 1.807) is 12.1 Å². The molecule has 1 aliphatic heterocycles. The van der Waals surface area contributed by atoms with Gasteiger partial charge in [-0.3, -0.25) is 4.57 Å². The molecule has 156 valence electrons. The molecular formula is C17H15ClN6O5S. The number of benzene rings is 1. The van der Waals surface area contributed by atoms with Crippen molar-refractivity contribution in [1.82, 2.24) is 29.8 Å². The fourth-order valence-corrected chi connectivity index (χ4v) is 4.66. The van der Waals surface area contributed by atoms with Gasteiger partial charge in [0.05, 0.1) is 12.9 Å². The SMILES string of the molecule is OCC1OC(n2cnc3c(SCc4c(Cl)ccc5nonc45)ncnc32)C(O)C1O. The highest BCUT2D eigenvalue weighted by atomic mass is 35.5. The van der Waals surface area contributed by atoms with Gasteiger partial charge in [0.2, 0.25) is 0 Å². The summed E-state index contributed by atoms with van der Waals surface area (Å²) in [5.41, 5.74) is 2.88. The Morgan fingerprint density at radius 1 is 1.10 bits per heavy atom. The van der Waals surface area contributed by atoms with Crippen molar-refractivity contribution in [3.8, 4) is 0 Å². The summed E-state index contributed by atoms with van der Waals surface area (Å²) < 4.78 is 11.9. The van der Waals surface area contributed by atoms with Crippen molar-refractivity contribution in [1.29, 1.82) is 0 Å². The minimum absolute atomic E-state index is 0.416. The third-order valence-corrected chi connectivity index (χ3v) is 6.30. The molecule has 0 saturated carbocycles. The Labute approximate surface area is 177 Å². The second-order valence-corrected chi connectivity index (χ2v) is 8.05. The van der Waals surface area contributed by atoms with E-state index >= 15 is 0 Å². The van der Waals surface area contributed by atoms with Crippen molar-refractivity contribution in [2.75, 3.05) is 6.61 Å². The van der Waals surface area contributed by atoms with Crippen LogP contribution in [-0.2, 0) is 10.5 Å². The van der Waals surface area contributed by atoms with Crippen LogP contribution in [0.5, 0.6) is 0 Å². The van der Waals surface area contributed by atoms with Crippen LogP contribution in [0.15, 0.2) is 34.4 Å². The van der Waals surface area contributed by atoms with Crippen LogP contribution in [0.3, 0.4) is 0 Å². The maximum absolute atomic E-state index is 10.3. The maximum atomic E-state index is 10.3. The van der Waals surface area contributed by atoms with Gasteiger partial charge in [0.25, 0.3) is 0 Å². The highest BCUT2D eigenvalue weighted by Crippen LogP contribution is 2.35. The summed E-state index contributed by atoms with van der Waals surface area (Å²) in [4.78, 5) is 12.9. The number of hydrogen-bond donors (Lipinski definition) is 3. The third-order valence-electron chi connectivity index (χ3n) is 4.95. The van der Waals surface area contributed by atoms with E-state index in [1.165, 1.54) is 29.0 Å². The molecule has 3 aromatic heterocycles. The van der Waals surface area contributed by atoms with E-state index in [9.17, 15) is 15.3 Å². The number of hydrogen-bond acceptors (Lipinski definition) is 11. The van der Waals surface area contributed by atoms with E-state index in [-0.39, 0.29) is 0 Å². The first-order valence-corrected chi connectivity index (χ1v) is 10.3. The topological polar surface area (TPSA) is 152 Å².